The fourth-order valence-corrected chi connectivity index (χ4v) is 2.63. The van der Waals surface area contributed by atoms with Crippen molar-refractivity contribution in [2.45, 2.75) is 25.9 Å². The molecule has 1 heterocycles. The van der Waals surface area contributed by atoms with E-state index in [0.29, 0.717) is 5.92 Å². The molecule has 2 nitrogen and oxygen atoms in total. The van der Waals surface area contributed by atoms with Crippen molar-refractivity contribution in [1.82, 2.24) is 4.90 Å². The summed E-state index contributed by atoms with van der Waals surface area (Å²) in [6.07, 6.45) is 1.68. The quantitative estimate of drug-likeness (QED) is 0.895. The molecule has 3 heteroatoms. The summed E-state index contributed by atoms with van der Waals surface area (Å²) < 4.78 is 0. The van der Waals surface area contributed by atoms with Gasteiger partial charge in [-0.2, -0.15) is 0 Å². The van der Waals surface area contributed by atoms with Gasteiger partial charge in [-0.05, 0) is 37.1 Å². The van der Waals surface area contributed by atoms with Gasteiger partial charge in [-0.3, -0.25) is 0 Å². The Kier molecular flexibility index (Phi) is 4.43. The van der Waals surface area contributed by atoms with Gasteiger partial charge in [0.2, 0.25) is 0 Å². The highest BCUT2D eigenvalue weighted by Gasteiger charge is 2.26. The minimum absolute atomic E-state index is 0.159. The highest BCUT2D eigenvalue weighted by atomic mass is 35.5. The van der Waals surface area contributed by atoms with Gasteiger partial charge in [0.1, 0.15) is 0 Å². The number of aliphatic hydroxyl groups excluding tert-OH is 1. The normalized spacial score (nSPS) is 26.1. The summed E-state index contributed by atoms with van der Waals surface area (Å²) in [6, 6.07) is 7.95. The van der Waals surface area contributed by atoms with Gasteiger partial charge in [-0.15, -0.1) is 0 Å². The van der Waals surface area contributed by atoms with Crippen LogP contribution >= 0.6 is 11.6 Å². The van der Waals surface area contributed by atoms with Crippen molar-refractivity contribution in [2.24, 2.45) is 5.92 Å². The van der Waals surface area contributed by atoms with E-state index in [1.807, 2.05) is 12.1 Å². The number of hydrogen-bond donors (Lipinski definition) is 1. The molecule has 17 heavy (non-hydrogen) atoms. The van der Waals surface area contributed by atoms with E-state index in [9.17, 15) is 5.11 Å². The fourth-order valence-electron chi connectivity index (χ4n) is 2.51. The third-order valence-corrected chi connectivity index (χ3v) is 3.89. The Bertz CT molecular complexity index is 352. The topological polar surface area (TPSA) is 23.5 Å². The largest absolute Gasteiger partial charge is 0.393 e. The number of hydrogen-bond acceptors (Lipinski definition) is 2. The average molecular weight is 254 g/mol. The van der Waals surface area contributed by atoms with Crippen LogP contribution in [0.3, 0.4) is 0 Å². The average Bonchev–Trinajstić information content (AvgIpc) is 2.35. The molecule has 0 bridgehead atoms. The van der Waals surface area contributed by atoms with Gasteiger partial charge < -0.3 is 10.0 Å². The second-order valence-electron chi connectivity index (χ2n) is 4.84. The van der Waals surface area contributed by atoms with Gasteiger partial charge in [0, 0.05) is 24.0 Å². The maximum atomic E-state index is 10.0. The Hall–Kier alpha value is -0.570. The van der Waals surface area contributed by atoms with E-state index in [-0.39, 0.29) is 6.10 Å². The molecule has 0 aromatic heterocycles. The van der Waals surface area contributed by atoms with Crippen LogP contribution < -0.4 is 0 Å². The maximum absolute atomic E-state index is 10.0. The third-order valence-electron chi connectivity index (χ3n) is 3.64. The summed E-state index contributed by atoms with van der Waals surface area (Å²) in [5.41, 5.74) is 1.26. The lowest BCUT2D eigenvalue weighted by atomic mass is 9.89. The van der Waals surface area contributed by atoms with Crippen LogP contribution in [0.5, 0.6) is 0 Å². The number of rotatable bonds is 3. The molecule has 2 atom stereocenters. The van der Waals surface area contributed by atoms with Gasteiger partial charge in [0.05, 0.1) is 6.10 Å². The molecular weight excluding hydrogens is 234 g/mol. The lowest BCUT2D eigenvalue weighted by Crippen LogP contribution is -2.43. The van der Waals surface area contributed by atoms with Gasteiger partial charge in [-0.1, -0.05) is 30.7 Å². The lowest BCUT2D eigenvalue weighted by Gasteiger charge is -2.35. The van der Waals surface area contributed by atoms with Crippen molar-refractivity contribution in [3.8, 4) is 0 Å². The van der Waals surface area contributed by atoms with Crippen molar-refractivity contribution in [2.75, 3.05) is 19.6 Å². The molecule has 94 valence electrons. The first-order valence-electron chi connectivity index (χ1n) is 6.34. The fraction of sp³-hybridized carbons (Fsp3) is 0.571. The zero-order valence-corrected chi connectivity index (χ0v) is 11.0. The van der Waals surface area contributed by atoms with E-state index in [2.05, 4.69) is 24.0 Å². The number of halogens is 1. The van der Waals surface area contributed by atoms with E-state index in [1.54, 1.807) is 0 Å². The molecule has 1 fully saturated rings. The number of piperidine rings is 1. The van der Waals surface area contributed by atoms with Gasteiger partial charge in [0.15, 0.2) is 0 Å². The van der Waals surface area contributed by atoms with Crippen LogP contribution in [-0.2, 0) is 6.42 Å². The lowest BCUT2D eigenvalue weighted by molar-refractivity contribution is 0.0290. The van der Waals surface area contributed by atoms with E-state index in [1.165, 1.54) is 5.56 Å². The summed E-state index contributed by atoms with van der Waals surface area (Å²) in [7, 11) is 0. The first kappa shape index (κ1) is 12.9. The minimum Gasteiger partial charge on any atom is -0.393 e. The first-order valence-corrected chi connectivity index (χ1v) is 6.71. The number of benzene rings is 1. The zero-order valence-electron chi connectivity index (χ0n) is 10.3. The molecule has 2 unspecified atom stereocenters. The van der Waals surface area contributed by atoms with Gasteiger partial charge >= 0.3 is 0 Å². The van der Waals surface area contributed by atoms with Crippen LogP contribution in [0.1, 0.15) is 18.9 Å². The monoisotopic (exact) mass is 253 g/mol. The van der Waals surface area contributed by atoms with Gasteiger partial charge in [-0.25, -0.2) is 0 Å². The van der Waals surface area contributed by atoms with Crippen molar-refractivity contribution in [3.63, 3.8) is 0 Å². The molecule has 2 rings (SSSR count). The molecule has 0 aliphatic carbocycles. The molecule has 1 aliphatic heterocycles. The van der Waals surface area contributed by atoms with Crippen LogP contribution in [0.2, 0.25) is 5.02 Å². The molecule has 1 saturated heterocycles. The van der Waals surface area contributed by atoms with Gasteiger partial charge in [0.25, 0.3) is 0 Å². The third kappa shape index (κ3) is 3.44. The number of nitrogens with zero attached hydrogens (tertiary/aromatic N) is 1. The summed E-state index contributed by atoms with van der Waals surface area (Å²) in [6.45, 7) is 5.27. The molecule has 1 aromatic rings. The zero-order chi connectivity index (χ0) is 12.3. The molecule has 1 N–H and O–H groups in total. The Labute approximate surface area is 108 Å². The minimum atomic E-state index is -0.159. The van der Waals surface area contributed by atoms with Crippen molar-refractivity contribution in [3.05, 3.63) is 34.9 Å². The molecule has 1 aliphatic rings. The van der Waals surface area contributed by atoms with Crippen LogP contribution in [0, 0.1) is 5.92 Å². The van der Waals surface area contributed by atoms with Crippen LogP contribution in [0.15, 0.2) is 24.3 Å². The molecule has 0 amide bonds. The standard InChI is InChI=1S/C14H20ClNO/c1-2-16-8-7-14(17)12(10-16)9-11-3-5-13(15)6-4-11/h3-6,12,14,17H,2,7-10H2,1H3. The number of aliphatic hydroxyl groups is 1. The number of likely N-dealkylation sites (tertiary alicyclic amines) is 1. The SMILES string of the molecule is CCN1CCC(O)C(Cc2ccc(Cl)cc2)C1. The maximum Gasteiger partial charge on any atom is 0.0596 e. The molecule has 1 aromatic carbocycles. The summed E-state index contributed by atoms with van der Waals surface area (Å²) in [4.78, 5) is 2.41. The van der Waals surface area contributed by atoms with Crippen molar-refractivity contribution >= 4 is 11.6 Å². The molecular formula is C14H20ClNO. The Balaban J connectivity index is 1.98. The molecule has 0 saturated carbocycles. The second kappa shape index (κ2) is 5.85. The van der Waals surface area contributed by atoms with E-state index in [0.717, 1.165) is 37.5 Å². The van der Waals surface area contributed by atoms with E-state index >= 15 is 0 Å². The Morgan fingerprint density at radius 3 is 2.71 bits per heavy atom. The van der Waals surface area contributed by atoms with E-state index < -0.39 is 0 Å². The van der Waals surface area contributed by atoms with Crippen LogP contribution in [0.25, 0.3) is 0 Å². The Morgan fingerprint density at radius 2 is 2.06 bits per heavy atom. The smallest absolute Gasteiger partial charge is 0.0596 e. The Morgan fingerprint density at radius 1 is 1.35 bits per heavy atom. The predicted molar refractivity (Wildman–Crippen MR) is 71.4 cm³/mol. The van der Waals surface area contributed by atoms with Crippen molar-refractivity contribution in [1.29, 1.82) is 0 Å². The predicted octanol–water partition coefficient (Wildman–Crippen LogP) is 2.59. The van der Waals surface area contributed by atoms with Crippen LogP contribution in [-0.4, -0.2) is 35.7 Å². The summed E-state index contributed by atoms with van der Waals surface area (Å²) >= 11 is 5.87. The first-order chi connectivity index (χ1) is 8.19. The van der Waals surface area contributed by atoms with Crippen LogP contribution in [0.4, 0.5) is 0 Å². The highest BCUT2D eigenvalue weighted by Crippen LogP contribution is 2.22. The summed E-state index contributed by atoms with van der Waals surface area (Å²) in [5.74, 6) is 0.352. The second-order valence-corrected chi connectivity index (χ2v) is 5.28. The van der Waals surface area contributed by atoms with E-state index in [4.69, 9.17) is 11.6 Å². The van der Waals surface area contributed by atoms with Crippen molar-refractivity contribution < 1.29 is 5.11 Å². The molecule has 0 radical (unpaired) electrons. The molecule has 0 spiro atoms. The summed E-state index contributed by atoms with van der Waals surface area (Å²) in [5, 5.41) is 10.8. The highest BCUT2D eigenvalue weighted by molar-refractivity contribution is 6.30.